The van der Waals surface area contributed by atoms with Gasteiger partial charge in [-0.3, -0.25) is 5.10 Å². The van der Waals surface area contributed by atoms with Gasteiger partial charge < -0.3 is 10.3 Å². The molecule has 0 amide bonds. The standard InChI is InChI=1S/C25H25FN6/c1-3-6-19(18-7-4-5-8-21(18)26)22-15(2)29-25(30-22)23-20-13-17(14-28-24(20)32-31-23)16-9-11-27-12-10-16/h3-8,13-14,16,27H,1,9-12H2,2H3,(H,29,30)(H,28,31,32)/b19-6-. The van der Waals surface area contributed by atoms with Crippen molar-refractivity contribution in [3.05, 3.63) is 83.6 Å². The molecule has 4 aromatic rings. The molecule has 6 nitrogen and oxygen atoms in total. The van der Waals surface area contributed by atoms with Crippen molar-refractivity contribution in [1.29, 1.82) is 0 Å². The Balaban J connectivity index is 1.58. The number of imidazole rings is 1. The van der Waals surface area contributed by atoms with Crippen LogP contribution in [0.15, 0.2) is 55.3 Å². The van der Waals surface area contributed by atoms with E-state index in [1.54, 1.807) is 24.3 Å². The molecule has 162 valence electrons. The van der Waals surface area contributed by atoms with Gasteiger partial charge in [0.15, 0.2) is 11.5 Å². The lowest BCUT2D eigenvalue weighted by Gasteiger charge is -2.22. The molecule has 3 N–H and O–H groups in total. The van der Waals surface area contributed by atoms with Crippen molar-refractivity contribution in [2.24, 2.45) is 0 Å². The van der Waals surface area contributed by atoms with Gasteiger partial charge in [-0.05, 0) is 56.5 Å². The molecule has 0 aliphatic carbocycles. The molecule has 0 saturated carbocycles. The third-order valence-corrected chi connectivity index (χ3v) is 6.07. The van der Waals surface area contributed by atoms with Crippen molar-refractivity contribution in [2.75, 3.05) is 13.1 Å². The van der Waals surface area contributed by atoms with Gasteiger partial charge in [0.2, 0.25) is 0 Å². The van der Waals surface area contributed by atoms with E-state index in [0.717, 1.165) is 42.7 Å². The fourth-order valence-corrected chi connectivity index (χ4v) is 4.41. The SMILES string of the molecule is C=C/C=C(/c1ccccc1F)c1nc(-c2[nH]nc3ncc(C4CCNCC4)cc23)[nH]c1C. The monoisotopic (exact) mass is 428 g/mol. The molecule has 4 heterocycles. The first-order chi connectivity index (χ1) is 15.7. The van der Waals surface area contributed by atoms with E-state index in [2.05, 4.69) is 38.1 Å². The number of piperidine rings is 1. The topological polar surface area (TPSA) is 82.3 Å². The maximum Gasteiger partial charge on any atom is 0.181 e. The van der Waals surface area contributed by atoms with E-state index in [-0.39, 0.29) is 5.82 Å². The van der Waals surface area contributed by atoms with Crippen LogP contribution in [0, 0.1) is 12.7 Å². The summed E-state index contributed by atoms with van der Waals surface area (Å²) >= 11 is 0. The zero-order valence-corrected chi connectivity index (χ0v) is 18.0. The lowest BCUT2D eigenvalue weighted by Crippen LogP contribution is -2.26. The van der Waals surface area contributed by atoms with Crippen molar-refractivity contribution in [2.45, 2.75) is 25.7 Å². The molecule has 3 aromatic heterocycles. The van der Waals surface area contributed by atoms with E-state index in [1.807, 2.05) is 19.2 Å². The summed E-state index contributed by atoms with van der Waals surface area (Å²) in [5.41, 5.74) is 5.34. The number of hydrogen-bond donors (Lipinski definition) is 3. The van der Waals surface area contributed by atoms with Gasteiger partial charge in [-0.25, -0.2) is 14.4 Å². The summed E-state index contributed by atoms with van der Waals surface area (Å²) in [5.74, 6) is 0.843. The molecule has 5 rings (SSSR count). The number of nitrogens with zero attached hydrogens (tertiary/aromatic N) is 3. The Kier molecular flexibility index (Phi) is 5.41. The van der Waals surface area contributed by atoms with Gasteiger partial charge in [-0.1, -0.05) is 36.9 Å². The zero-order chi connectivity index (χ0) is 22.1. The van der Waals surface area contributed by atoms with Crippen LogP contribution in [-0.2, 0) is 0 Å². The molecule has 1 aliphatic rings. The highest BCUT2D eigenvalue weighted by Crippen LogP contribution is 2.32. The van der Waals surface area contributed by atoms with Gasteiger partial charge in [0.1, 0.15) is 11.5 Å². The Morgan fingerprint density at radius 1 is 1.22 bits per heavy atom. The first-order valence-electron chi connectivity index (χ1n) is 10.9. The van der Waals surface area contributed by atoms with Crippen LogP contribution < -0.4 is 5.32 Å². The molecule has 0 spiro atoms. The molecule has 1 fully saturated rings. The van der Waals surface area contributed by atoms with E-state index in [4.69, 9.17) is 4.98 Å². The smallest absolute Gasteiger partial charge is 0.181 e. The first kappa shape index (κ1) is 20.3. The Hall–Kier alpha value is -3.58. The number of aromatic amines is 2. The van der Waals surface area contributed by atoms with Gasteiger partial charge in [0, 0.05) is 23.0 Å². The number of nitrogens with one attached hydrogen (secondary N) is 3. The number of H-pyrrole nitrogens is 2. The van der Waals surface area contributed by atoms with Gasteiger partial charge in [0.05, 0.1) is 11.1 Å². The highest BCUT2D eigenvalue weighted by molar-refractivity contribution is 5.90. The van der Waals surface area contributed by atoms with Crippen LogP contribution in [0.3, 0.4) is 0 Å². The number of hydrogen-bond acceptors (Lipinski definition) is 4. The van der Waals surface area contributed by atoms with E-state index in [9.17, 15) is 4.39 Å². The minimum atomic E-state index is -0.299. The van der Waals surface area contributed by atoms with Gasteiger partial charge in [-0.15, -0.1) is 0 Å². The molecule has 7 heteroatoms. The third-order valence-electron chi connectivity index (χ3n) is 6.07. The molecule has 0 radical (unpaired) electrons. The van der Waals surface area contributed by atoms with Crippen LogP contribution >= 0.6 is 0 Å². The van der Waals surface area contributed by atoms with Crippen molar-refractivity contribution < 1.29 is 4.39 Å². The minimum Gasteiger partial charge on any atom is -0.340 e. The second-order valence-electron chi connectivity index (χ2n) is 8.12. The average molecular weight is 429 g/mol. The molecular formula is C25H25FN6. The maximum atomic E-state index is 14.5. The summed E-state index contributed by atoms with van der Waals surface area (Å²) in [6.45, 7) is 7.78. The van der Waals surface area contributed by atoms with Crippen molar-refractivity contribution in [1.82, 2.24) is 30.5 Å². The van der Waals surface area contributed by atoms with Gasteiger partial charge >= 0.3 is 0 Å². The zero-order valence-electron chi connectivity index (χ0n) is 18.0. The third kappa shape index (κ3) is 3.65. The second-order valence-corrected chi connectivity index (χ2v) is 8.12. The van der Waals surface area contributed by atoms with Crippen LogP contribution in [0.2, 0.25) is 0 Å². The maximum absolute atomic E-state index is 14.5. The summed E-state index contributed by atoms with van der Waals surface area (Å²) in [5, 5.41) is 11.8. The Morgan fingerprint density at radius 2 is 2.03 bits per heavy atom. The molecule has 1 saturated heterocycles. The number of fused-ring (bicyclic) bond motifs is 1. The molecule has 1 aliphatic heterocycles. The number of rotatable bonds is 5. The second kappa shape index (κ2) is 8.51. The number of pyridine rings is 1. The Bertz CT molecular complexity index is 1310. The van der Waals surface area contributed by atoms with Crippen LogP contribution in [0.1, 0.15) is 41.3 Å². The quantitative estimate of drug-likeness (QED) is 0.396. The molecule has 0 unspecified atom stereocenters. The number of halogens is 1. The fraction of sp³-hybridized carbons (Fsp3) is 0.240. The van der Waals surface area contributed by atoms with Gasteiger partial charge in [-0.2, -0.15) is 5.10 Å². The van der Waals surface area contributed by atoms with Crippen molar-refractivity contribution >= 4 is 16.6 Å². The highest BCUT2D eigenvalue weighted by atomic mass is 19.1. The van der Waals surface area contributed by atoms with Crippen molar-refractivity contribution in [3.8, 4) is 11.5 Å². The predicted octanol–water partition coefficient (Wildman–Crippen LogP) is 4.88. The number of allylic oxidation sites excluding steroid dienone is 2. The van der Waals surface area contributed by atoms with Crippen molar-refractivity contribution in [3.63, 3.8) is 0 Å². The summed E-state index contributed by atoms with van der Waals surface area (Å²) in [6, 6.07) is 8.86. The molecular weight excluding hydrogens is 403 g/mol. The summed E-state index contributed by atoms with van der Waals surface area (Å²) < 4.78 is 14.5. The Labute approximate surface area is 185 Å². The van der Waals surface area contributed by atoms with E-state index in [1.165, 1.54) is 11.6 Å². The van der Waals surface area contributed by atoms with Gasteiger partial charge in [0.25, 0.3) is 0 Å². The fourth-order valence-electron chi connectivity index (χ4n) is 4.41. The van der Waals surface area contributed by atoms with Crippen LogP contribution in [0.4, 0.5) is 4.39 Å². The van der Waals surface area contributed by atoms with Crippen LogP contribution in [0.25, 0.3) is 28.1 Å². The molecule has 0 atom stereocenters. The minimum absolute atomic E-state index is 0.299. The number of aromatic nitrogens is 5. The van der Waals surface area contributed by atoms with Crippen LogP contribution in [-0.4, -0.2) is 38.2 Å². The number of aryl methyl sites for hydroxylation is 1. The largest absolute Gasteiger partial charge is 0.340 e. The summed E-state index contributed by atoms with van der Waals surface area (Å²) in [6.07, 6.45) is 7.57. The predicted molar refractivity (Wildman–Crippen MR) is 125 cm³/mol. The normalized spacial score (nSPS) is 15.4. The highest BCUT2D eigenvalue weighted by Gasteiger charge is 2.21. The van der Waals surface area contributed by atoms with E-state index in [0.29, 0.717) is 34.2 Å². The lowest BCUT2D eigenvalue weighted by atomic mass is 9.91. The molecule has 32 heavy (non-hydrogen) atoms. The van der Waals surface area contributed by atoms with Crippen LogP contribution in [0.5, 0.6) is 0 Å². The Morgan fingerprint density at radius 3 is 2.81 bits per heavy atom. The molecule has 0 bridgehead atoms. The average Bonchev–Trinajstić information content (AvgIpc) is 3.41. The van der Waals surface area contributed by atoms with E-state index >= 15 is 0 Å². The molecule has 1 aromatic carbocycles. The summed E-state index contributed by atoms with van der Waals surface area (Å²) in [4.78, 5) is 12.8. The first-order valence-corrected chi connectivity index (χ1v) is 10.9. The van der Waals surface area contributed by atoms with E-state index < -0.39 is 0 Å². The number of benzene rings is 1. The summed E-state index contributed by atoms with van der Waals surface area (Å²) in [7, 11) is 0. The lowest BCUT2D eigenvalue weighted by molar-refractivity contribution is 0.460.